The summed E-state index contributed by atoms with van der Waals surface area (Å²) in [4.78, 5) is 12.3. The number of rotatable bonds is 4. The quantitative estimate of drug-likeness (QED) is 0.792. The number of para-hydroxylation sites is 1. The van der Waals surface area contributed by atoms with Crippen LogP contribution in [0.5, 0.6) is 5.75 Å². The Hall–Kier alpha value is -3.32. The number of carbonyl (C=O) groups is 1. The molecule has 3 aromatic carbocycles. The van der Waals surface area contributed by atoms with Gasteiger partial charge in [0.25, 0.3) is 5.91 Å². The molecule has 1 aliphatic rings. The standard InChI is InChI=1S/C21H16N2O2/c22-12-16-4-1-2-7-19(16)25-13-20(24)23-18-11-10-15-9-8-14-5-3-6-17(18)21(14)15/h1-7,10-11H,8-9,13H2,(H,23,24). The van der Waals surface area contributed by atoms with Crippen molar-refractivity contribution in [2.24, 2.45) is 0 Å². The molecule has 0 heterocycles. The Morgan fingerprint density at radius 1 is 1.04 bits per heavy atom. The zero-order valence-electron chi connectivity index (χ0n) is 13.6. The Labute approximate surface area is 145 Å². The maximum absolute atomic E-state index is 12.3. The molecule has 1 amide bonds. The minimum atomic E-state index is -0.244. The number of carbonyl (C=O) groups excluding carboxylic acids is 1. The Bertz CT molecular complexity index is 1010. The number of anilines is 1. The van der Waals surface area contributed by atoms with Crippen LogP contribution in [0.1, 0.15) is 16.7 Å². The number of nitrogens with zero attached hydrogens (tertiary/aromatic N) is 1. The topological polar surface area (TPSA) is 62.1 Å². The normalized spacial score (nSPS) is 12.0. The highest BCUT2D eigenvalue weighted by molar-refractivity contribution is 6.05. The second-order valence-corrected chi connectivity index (χ2v) is 6.06. The number of benzene rings is 3. The lowest BCUT2D eigenvalue weighted by Crippen LogP contribution is -2.20. The van der Waals surface area contributed by atoms with Crippen molar-refractivity contribution >= 4 is 22.4 Å². The first kappa shape index (κ1) is 15.2. The summed E-state index contributed by atoms with van der Waals surface area (Å²) in [7, 11) is 0. The molecule has 25 heavy (non-hydrogen) atoms. The molecular weight excluding hydrogens is 312 g/mol. The number of amides is 1. The van der Waals surface area contributed by atoms with E-state index in [-0.39, 0.29) is 12.5 Å². The molecule has 1 aliphatic carbocycles. The molecule has 0 atom stereocenters. The number of ether oxygens (including phenoxy) is 1. The summed E-state index contributed by atoms with van der Waals surface area (Å²) in [5.74, 6) is 0.173. The molecule has 0 unspecified atom stereocenters. The molecule has 4 rings (SSSR count). The fraction of sp³-hybridized carbons (Fsp3) is 0.143. The molecule has 4 nitrogen and oxygen atoms in total. The average Bonchev–Trinajstić information content (AvgIpc) is 3.07. The van der Waals surface area contributed by atoms with Gasteiger partial charge in [0.2, 0.25) is 0 Å². The maximum Gasteiger partial charge on any atom is 0.262 e. The summed E-state index contributed by atoms with van der Waals surface area (Å²) in [6, 6.07) is 19.2. The van der Waals surface area contributed by atoms with Crippen LogP contribution < -0.4 is 10.1 Å². The molecule has 122 valence electrons. The third-order valence-electron chi connectivity index (χ3n) is 4.52. The molecule has 4 heteroatoms. The second-order valence-electron chi connectivity index (χ2n) is 6.06. The van der Waals surface area contributed by atoms with Crippen molar-refractivity contribution in [2.45, 2.75) is 12.8 Å². The summed E-state index contributed by atoms with van der Waals surface area (Å²) in [6.07, 6.45) is 2.11. The first-order chi connectivity index (χ1) is 12.3. The van der Waals surface area contributed by atoms with E-state index in [0.29, 0.717) is 11.3 Å². The summed E-state index contributed by atoms with van der Waals surface area (Å²) in [6.45, 7) is -0.137. The molecule has 0 saturated carbocycles. The molecule has 0 fully saturated rings. The van der Waals surface area contributed by atoms with E-state index in [4.69, 9.17) is 10.00 Å². The Kier molecular flexibility index (Phi) is 3.83. The zero-order valence-corrected chi connectivity index (χ0v) is 13.6. The van der Waals surface area contributed by atoms with E-state index in [1.54, 1.807) is 24.3 Å². The molecule has 0 aliphatic heterocycles. The van der Waals surface area contributed by atoms with Crippen LogP contribution in [-0.2, 0) is 17.6 Å². The van der Waals surface area contributed by atoms with Crippen LogP contribution in [0.4, 0.5) is 5.69 Å². The highest BCUT2D eigenvalue weighted by Crippen LogP contribution is 2.34. The Morgan fingerprint density at radius 2 is 1.84 bits per heavy atom. The summed E-state index contributed by atoms with van der Waals surface area (Å²) in [5, 5.41) is 14.3. The lowest BCUT2D eigenvalue weighted by Gasteiger charge is -2.11. The molecule has 0 radical (unpaired) electrons. The first-order valence-corrected chi connectivity index (χ1v) is 8.21. The van der Waals surface area contributed by atoms with Gasteiger partial charge in [-0.15, -0.1) is 0 Å². The summed E-state index contributed by atoms with van der Waals surface area (Å²) in [5.41, 5.74) is 3.89. The second kappa shape index (κ2) is 6.29. The third-order valence-corrected chi connectivity index (χ3v) is 4.52. The highest BCUT2D eigenvalue weighted by Gasteiger charge is 2.16. The number of aryl methyl sites for hydroxylation is 2. The van der Waals surface area contributed by atoms with Gasteiger partial charge in [0.05, 0.1) is 5.56 Å². The molecule has 3 aromatic rings. The zero-order chi connectivity index (χ0) is 17.2. The Morgan fingerprint density at radius 3 is 2.68 bits per heavy atom. The van der Waals surface area contributed by atoms with Gasteiger partial charge in [-0.1, -0.05) is 36.4 Å². The smallest absolute Gasteiger partial charge is 0.262 e. The van der Waals surface area contributed by atoms with Crippen LogP contribution in [0, 0.1) is 11.3 Å². The van der Waals surface area contributed by atoms with Crippen molar-refractivity contribution in [2.75, 3.05) is 11.9 Å². The SMILES string of the molecule is N#Cc1ccccc1OCC(=O)Nc1ccc2c3c(cccc13)CC2. The largest absolute Gasteiger partial charge is 0.482 e. The summed E-state index contributed by atoms with van der Waals surface area (Å²) >= 11 is 0. The van der Waals surface area contributed by atoms with Crippen molar-refractivity contribution in [3.05, 3.63) is 71.3 Å². The third kappa shape index (κ3) is 2.81. The van der Waals surface area contributed by atoms with Crippen molar-refractivity contribution < 1.29 is 9.53 Å². The van der Waals surface area contributed by atoms with Crippen LogP contribution in [0.2, 0.25) is 0 Å². The predicted molar refractivity (Wildman–Crippen MR) is 96.6 cm³/mol. The van der Waals surface area contributed by atoms with Gasteiger partial charge in [0.1, 0.15) is 11.8 Å². The Balaban J connectivity index is 1.52. The van der Waals surface area contributed by atoms with E-state index in [0.717, 1.165) is 23.9 Å². The average molecular weight is 328 g/mol. The molecule has 0 saturated heterocycles. The van der Waals surface area contributed by atoms with Gasteiger partial charge in [0.15, 0.2) is 6.61 Å². The van der Waals surface area contributed by atoms with Crippen LogP contribution in [0.3, 0.4) is 0 Å². The minimum absolute atomic E-state index is 0.137. The number of nitriles is 1. The van der Waals surface area contributed by atoms with E-state index >= 15 is 0 Å². The van der Waals surface area contributed by atoms with E-state index in [1.807, 2.05) is 18.2 Å². The van der Waals surface area contributed by atoms with Gasteiger partial charge in [0, 0.05) is 11.1 Å². The van der Waals surface area contributed by atoms with Crippen LogP contribution in [-0.4, -0.2) is 12.5 Å². The van der Waals surface area contributed by atoms with Gasteiger partial charge in [-0.3, -0.25) is 4.79 Å². The first-order valence-electron chi connectivity index (χ1n) is 8.21. The molecular formula is C21H16N2O2. The number of hydrogen-bond donors (Lipinski definition) is 1. The lowest BCUT2D eigenvalue weighted by atomic mass is 10.0. The van der Waals surface area contributed by atoms with Gasteiger partial charge in [-0.2, -0.15) is 5.26 Å². The van der Waals surface area contributed by atoms with E-state index in [2.05, 4.69) is 23.5 Å². The number of nitrogens with one attached hydrogen (secondary N) is 1. The van der Waals surface area contributed by atoms with Gasteiger partial charge >= 0.3 is 0 Å². The molecule has 0 bridgehead atoms. The van der Waals surface area contributed by atoms with E-state index in [1.165, 1.54) is 16.5 Å². The highest BCUT2D eigenvalue weighted by atomic mass is 16.5. The molecule has 0 spiro atoms. The van der Waals surface area contributed by atoms with Crippen molar-refractivity contribution in [3.8, 4) is 11.8 Å². The van der Waals surface area contributed by atoms with Crippen LogP contribution >= 0.6 is 0 Å². The maximum atomic E-state index is 12.3. The molecule has 0 aromatic heterocycles. The van der Waals surface area contributed by atoms with E-state index < -0.39 is 0 Å². The molecule has 1 N–H and O–H groups in total. The van der Waals surface area contributed by atoms with Gasteiger partial charge in [-0.25, -0.2) is 0 Å². The van der Waals surface area contributed by atoms with Crippen LogP contribution in [0.15, 0.2) is 54.6 Å². The fourth-order valence-corrected chi connectivity index (χ4v) is 3.37. The minimum Gasteiger partial charge on any atom is -0.482 e. The lowest BCUT2D eigenvalue weighted by molar-refractivity contribution is -0.118. The predicted octanol–water partition coefficient (Wildman–Crippen LogP) is 3.83. The van der Waals surface area contributed by atoms with E-state index in [9.17, 15) is 4.79 Å². The monoisotopic (exact) mass is 328 g/mol. The fourth-order valence-electron chi connectivity index (χ4n) is 3.37. The van der Waals surface area contributed by atoms with Crippen LogP contribution in [0.25, 0.3) is 10.8 Å². The summed E-state index contributed by atoms with van der Waals surface area (Å²) < 4.78 is 5.50. The van der Waals surface area contributed by atoms with Crippen molar-refractivity contribution in [3.63, 3.8) is 0 Å². The van der Waals surface area contributed by atoms with Crippen molar-refractivity contribution in [1.29, 1.82) is 5.26 Å². The van der Waals surface area contributed by atoms with Crippen molar-refractivity contribution in [1.82, 2.24) is 0 Å². The number of hydrogen-bond acceptors (Lipinski definition) is 3. The van der Waals surface area contributed by atoms with Gasteiger partial charge in [-0.05, 0) is 47.6 Å². The van der Waals surface area contributed by atoms with Gasteiger partial charge < -0.3 is 10.1 Å².